The van der Waals surface area contributed by atoms with Crippen molar-refractivity contribution in [1.29, 1.82) is 0 Å². The highest BCUT2D eigenvalue weighted by Gasteiger charge is 2.36. The van der Waals surface area contributed by atoms with Gasteiger partial charge in [0.15, 0.2) is 0 Å². The van der Waals surface area contributed by atoms with Crippen LogP contribution in [-0.2, 0) is 0 Å². The molecule has 0 amide bonds. The summed E-state index contributed by atoms with van der Waals surface area (Å²) in [5.74, 6) is 0.369. The molecule has 0 spiro atoms. The van der Waals surface area contributed by atoms with Gasteiger partial charge in [-0.2, -0.15) is 0 Å². The summed E-state index contributed by atoms with van der Waals surface area (Å²) in [7, 11) is 4.15. The van der Waals surface area contributed by atoms with E-state index in [4.69, 9.17) is 0 Å². The average molecular weight is 278 g/mol. The van der Waals surface area contributed by atoms with Gasteiger partial charge in [-0.3, -0.25) is 10.1 Å². The molecule has 0 aliphatic heterocycles. The highest BCUT2D eigenvalue weighted by molar-refractivity contribution is 5.56. The number of anilines is 1. The Bertz CT molecular complexity index is 496. The molecule has 20 heavy (non-hydrogen) atoms. The van der Waals surface area contributed by atoms with Gasteiger partial charge in [0.05, 0.1) is 4.92 Å². The van der Waals surface area contributed by atoms with Gasteiger partial charge in [-0.1, -0.05) is 12.8 Å². The molecular formula is C14H22N4O2. The number of rotatable bonds is 5. The van der Waals surface area contributed by atoms with Gasteiger partial charge < -0.3 is 10.2 Å². The lowest BCUT2D eigenvalue weighted by Crippen LogP contribution is -2.47. The van der Waals surface area contributed by atoms with E-state index < -0.39 is 0 Å². The number of aromatic nitrogens is 1. The Morgan fingerprint density at radius 1 is 1.45 bits per heavy atom. The maximum atomic E-state index is 11.1. The minimum absolute atomic E-state index is 0.0527. The normalized spacial score (nSPS) is 17.4. The topological polar surface area (TPSA) is 71.3 Å². The number of hydrogen-bond acceptors (Lipinski definition) is 5. The quantitative estimate of drug-likeness (QED) is 0.662. The minimum atomic E-state index is -0.376. The Kier molecular flexibility index (Phi) is 4.23. The molecule has 1 aromatic rings. The fourth-order valence-electron chi connectivity index (χ4n) is 2.89. The highest BCUT2D eigenvalue weighted by Crippen LogP contribution is 2.34. The summed E-state index contributed by atoms with van der Waals surface area (Å²) < 4.78 is 0. The summed E-state index contributed by atoms with van der Waals surface area (Å²) in [5, 5.41) is 14.3. The molecule has 1 aromatic heterocycles. The highest BCUT2D eigenvalue weighted by atomic mass is 16.6. The number of nitrogens with one attached hydrogen (secondary N) is 1. The van der Waals surface area contributed by atoms with Gasteiger partial charge in [0.25, 0.3) is 0 Å². The van der Waals surface area contributed by atoms with E-state index in [9.17, 15) is 10.1 Å². The molecule has 6 nitrogen and oxygen atoms in total. The first kappa shape index (κ1) is 14.7. The zero-order valence-electron chi connectivity index (χ0n) is 12.3. The lowest BCUT2D eigenvalue weighted by molar-refractivity contribution is -0.384. The first-order valence-corrected chi connectivity index (χ1v) is 6.97. The number of hydrogen-bond donors (Lipinski definition) is 1. The van der Waals surface area contributed by atoms with Crippen LogP contribution < -0.4 is 5.32 Å². The van der Waals surface area contributed by atoms with E-state index in [1.165, 1.54) is 12.8 Å². The largest absolute Gasteiger partial charge is 0.362 e. The molecule has 110 valence electrons. The van der Waals surface area contributed by atoms with Crippen molar-refractivity contribution >= 4 is 11.5 Å². The molecule has 0 aromatic carbocycles. The summed E-state index contributed by atoms with van der Waals surface area (Å²) in [6, 6.07) is 1.56. The van der Waals surface area contributed by atoms with E-state index in [1.807, 2.05) is 6.92 Å². The summed E-state index contributed by atoms with van der Waals surface area (Å²) in [4.78, 5) is 17.1. The summed E-state index contributed by atoms with van der Waals surface area (Å²) in [6.07, 6.45) is 6.32. The van der Waals surface area contributed by atoms with E-state index in [2.05, 4.69) is 29.3 Å². The van der Waals surface area contributed by atoms with E-state index in [0.717, 1.165) is 18.4 Å². The second-order valence-electron chi connectivity index (χ2n) is 5.82. The Labute approximate surface area is 119 Å². The van der Waals surface area contributed by atoms with E-state index >= 15 is 0 Å². The number of aryl methyl sites for hydroxylation is 1. The van der Waals surface area contributed by atoms with Crippen LogP contribution in [-0.4, -0.2) is 41.0 Å². The second kappa shape index (κ2) is 5.75. The molecule has 1 heterocycles. The molecule has 0 atom stereocenters. The van der Waals surface area contributed by atoms with Crippen LogP contribution in [0.25, 0.3) is 0 Å². The van der Waals surface area contributed by atoms with Crippen molar-refractivity contribution in [2.45, 2.75) is 38.1 Å². The number of nitrogens with zero attached hydrogens (tertiary/aromatic N) is 3. The molecule has 0 unspecified atom stereocenters. The number of nitro groups is 1. The van der Waals surface area contributed by atoms with Crippen molar-refractivity contribution in [2.24, 2.45) is 0 Å². The molecule has 0 saturated heterocycles. The summed E-state index contributed by atoms with van der Waals surface area (Å²) in [6.45, 7) is 2.50. The van der Waals surface area contributed by atoms with Crippen molar-refractivity contribution in [1.82, 2.24) is 9.88 Å². The summed E-state index contributed by atoms with van der Waals surface area (Å²) >= 11 is 0. The third kappa shape index (κ3) is 2.90. The zero-order valence-corrected chi connectivity index (χ0v) is 12.3. The van der Waals surface area contributed by atoms with Gasteiger partial charge in [-0.15, -0.1) is 0 Å². The molecule has 1 fully saturated rings. The SMILES string of the molecule is Cc1cnc(NCC2(N(C)C)CCCC2)c([N+](=O)[O-])c1. The fourth-order valence-corrected chi connectivity index (χ4v) is 2.89. The van der Waals surface area contributed by atoms with Crippen molar-refractivity contribution in [3.05, 3.63) is 27.9 Å². The van der Waals surface area contributed by atoms with Gasteiger partial charge >= 0.3 is 5.69 Å². The van der Waals surface area contributed by atoms with Crippen LogP contribution >= 0.6 is 0 Å². The molecule has 6 heteroatoms. The lowest BCUT2D eigenvalue weighted by atomic mass is 9.96. The van der Waals surface area contributed by atoms with Crippen LogP contribution in [0.2, 0.25) is 0 Å². The molecular weight excluding hydrogens is 256 g/mol. The summed E-state index contributed by atoms with van der Waals surface area (Å²) in [5.41, 5.74) is 0.933. The Balaban J connectivity index is 2.16. The maximum Gasteiger partial charge on any atom is 0.311 e. The Hall–Kier alpha value is -1.69. The first-order chi connectivity index (χ1) is 9.44. The van der Waals surface area contributed by atoms with Crippen LogP contribution in [0.3, 0.4) is 0 Å². The second-order valence-corrected chi connectivity index (χ2v) is 5.82. The van der Waals surface area contributed by atoms with Crippen molar-refractivity contribution in [2.75, 3.05) is 26.0 Å². The third-order valence-corrected chi connectivity index (χ3v) is 4.27. The minimum Gasteiger partial charge on any atom is -0.362 e. The monoisotopic (exact) mass is 278 g/mol. The predicted octanol–water partition coefficient (Wildman–Crippen LogP) is 2.58. The number of pyridine rings is 1. The van der Waals surface area contributed by atoms with Gasteiger partial charge in [-0.05, 0) is 39.4 Å². The van der Waals surface area contributed by atoms with Crippen LogP contribution in [0.5, 0.6) is 0 Å². The third-order valence-electron chi connectivity index (χ3n) is 4.27. The van der Waals surface area contributed by atoms with Gasteiger partial charge in [0, 0.05) is 24.3 Å². The van der Waals surface area contributed by atoms with E-state index in [0.29, 0.717) is 12.4 Å². The van der Waals surface area contributed by atoms with Crippen molar-refractivity contribution < 1.29 is 4.92 Å². The van der Waals surface area contributed by atoms with E-state index in [-0.39, 0.29) is 16.1 Å². The Morgan fingerprint density at radius 2 is 2.10 bits per heavy atom. The molecule has 0 bridgehead atoms. The van der Waals surface area contributed by atoms with Crippen LogP contribution in [0.15, 0.2) is 12.3 Å². The molecule has 0 radical (unpaired) electrons. The van der Waals surface area contributed by atoms with Crippen molar-refractivity contribution in [3.8, 4) is 0 Å². The first-order valence-electron chi connectivity index (χ1n) is 6.97. The molecule has 1 N–H and O–H groups in total. The van der Waals surface area contributed by atoms with Gasteiger partial charge in [0.1, 0.15) is 0 Å². The fraction of sp³-hybridized carbons (Fsp3) is 0.643. The van der Waals surface area contributed by atoms with Gasteiger partial charge in [0.2, 0.25) is 5.82 Å². The predicted molar refractivity (Wildman–Crippen MR) is 79.0 cm³/mol. The van der Waals surface area contributed by atoms with Gasteiger partial charge in [-0.25, -0.2) is 4.98 Å². The molecule has 1 saturated carbocycles. The lowest BCUT2D eigenvalue weighted by Gasteiger charge is -2.36. The smallest absolute Gasteiger partial charge is 0.311 e. The Morgan fingerprint density at radius 3 is 2.65 bits per heavy atom. The number of likely N-dealkylation sites (N-methyl/N-ethyl adjacent to an activating group) is 1. The van der Waals surface area contributed by atoms with Crippen LogP contribution in [0, 0.1) is 17.0 Å². The maximum absolute atomic E-state index is 11.1. The average Bonchev–Trinajstić information content (AvgIpc) is 2.87. The van der Waals surface area contributed by atoms with Crippen molar-refractivity contribution in [3.63, 3.8) is 0 Å². The molecule has 1 aliphatic rings. The molecule has 2 rings (SSSR count). The van der Waals surface area contributed by atoms with Crippen LogP contribution in [0.1, 0.15) is 31.2 Å². The zero-order chi connectivity index (χ0) is 14.8. The van der Waals surface area contributed by atoms with Crippen LogP contribution in [0.4, 0.5) is 11.5 Å². The molecule has 1 aliphatic carbocycles. The standard InChI is InChI=1S/C14H22N4O2/c1-11-8-12(18(19)20)13(15-9-11)16-10-14(17(2)3)6-4-5-7-14/h8-9H,4-7,10H2,1-3H3,(H,15,16). The van der Waals surface area contributed by atoms with E-state index in [1.54, 1.807) is 12.3 Å².